The first-order valence-corrected chi connectivity index (χ1v) is 9.19. The molecule has 0 radical (unpaired) electrons. The molecule has 4 N–H and O–H groups in total. The number of ether oxygens (including phenoxy) is 2. The number of H-pyrrole nitrogens is 1. The van der Waals surface area contributed by atoms with Gasteiger partial charge in [0, 0.05) is 24.8 Å². The van der Waals surface area contributed by atoms with Crippen molar-refractivity contribution in [1.29, 1.82) is 0 Å². The van der Waals surface area contributed by atoms with Crippen molar-refractivity contribution in [1.82, 2.24) is 9.97 Å². The number of methoxy groups -OCH3 is 2. The van der Waals surface area contributed by atoms with Crippen molar-refractivity contribution in [2.75, 3.05) is 25.7 Å². The average molecular weight is 394 g/mol. The zero-order valence-corrected chi connectivity index (χ0v) is 16.2. The van der Waals surface area contributed by atoms with E-state index in [0.717, 1.165) is 11.0 Å². The molecule has 3 aromatic rings. The van der Waals surface area contributed by atoms with Gasteiger partial charge in [0.2, 0.25) is 0 Å². The van der Waals surface area contributed by atoms with Gasteiger partial charge in [-0.05, 0) is 18.6 Å². The molecule has 0 unspecified atom stereocenters. The van der Waals surface area contributed by atoms with E-state index in [1.807, 2.05) is 24.3 Å². The summed E-state index contributed by atoms with van der Waals surface area (Å²) in [5, 5.41) is 9.56. The Morgan fingerprint density at radius 3 is 2.48 bits per heavy atom. The first-order chi connectivity index (χ1) is 14.1. The predicted molar refractivity (Wildman–Crippen MR) is 110 cm³/mol. The number of fused-ring (bicyclic) bond motifs is 1. The molecule has 0 saturated carbocycles. The van der Waals surface area contributed by atoms with Crippen molar-refractivity contribution in [3.8, 4) is 11.5 Å². The highest BCUT2D eigenvalue weighted by molar-refractivity contribution is 6.27. The lowest BCUT2D eigenvalue weighted by Crippen LogP contribution is -2.37. The van der Waals surface area contributed by atoms with E-state index in [9.17, 15) is 9.90 Å². The molecule has 1 aromatic heterocycles. The van der Waals surface area contributed by atoms with Gasteiger partial charge in [0.25, 0.3) is 0 Å². The number of aliphatic hydroxyl groups excluding tert-OH is 1. The van der Waals surface area contributed by atoms with Crippen LogP contribution < -0.4 is 20.1 Å². The smallest absolute Gasteiger partial charge is 0.193 e. The molecule has 2 heterocycles. The maximum atomic E-state index is 13.3. The summed E-state index contributed by atoms with van der Waals surface area (Å²) in [5.74, 6) is 1.62. The SMILES string of the molecule is COc1cc(OC)cc(N2C(N)=C(c3nc4ccccc4[nH]3)C(=O)[C@@H]2CCO)c1. The van der Waals surface area contributed by atoms with E-state index in [4.69, 9.17) is 15.2 Å². The molecule has 29 heavy (non-hydrogen) atoms. The molecule has 150 valence electrons. The van der Waals surface area contributed by atoms with Gasteiger partial charge in [-0.3, -0.25) is 4.79 Å². The van der Waals surface area contributed by atoms with E-state index in [2.05, 4.69) is 9.97 Å². The summed E-state index contributed by atoms with van der Waals surface area (Å²) in [7, 11) is 3.11. The lowest BCUT2D eigenvalue weighted by atomic mass is 10.1. The molecule has 0 spiro atoms. The van der Waals surface area contributed by atoms with Crippen LogP contribution in [0.25, 0.3) is 16.6 Å². The third-order valence-corrected chi connectivity index (χ3v) is 5.02. The second kappa shape index (κ2) is 7.48. The van der Waals surface area contributed by atoms with Gasteiger partial charge in [0.05, 0.1) is 30.9 Å². The molecule has 2 aromatic carbocycles. The first kappa shape index (κ1) is 18.8. The quantitative estimate of drug-likeness (QED) is 0.586. The van der Waals surface area contributed by atoms with Gasteiger partial charge in [-0.15, -0.1) is 0 Å². The number of ketones is 1. The number of carbonyl (C=O) groups excluding carboxylic acids is 1. The number of aromatic nitrogens is 2. The highest BCUT2D eigenvalue weighted by Gasteiger charge is 2.41. The lowest BCUT2D eigenvalue weighted by molar-refractivity contribution is -0.114. The Balaban J connectivity index is 1.86. The van der Waals surface area contributed by atoms with Gasteiger partial charge in [0.15, 0.2) is 5.78 Å². The Bertz CT molecular complexity index is 1050. The number of imidazole rings is 1. The third-order valence-electron chi connectivity index (χ3n) is 5.02. The second-order valence-corrected chi connectivity index (χ2v) is 6.70. The van der Waals surface area contributed by atoms with Gasteiger partial charge < -0.3 is 30.2 Å². The van der Waals surface area contributed by atoms with Crippen molar-refractivity contribution in [2.24, 2.45) is 5.73 Å². The monoisotopic (exact) mass is 394 g/mol. The number of aromatic amines is 1. The van der Waals surface area contributed by atoms with E-state index in [1.54, 1.807) is 37.3 Å². The Morgan fingerprint density at radius 2 is 1.86 bits per heavy atom. The molecule has 0 fully saturated rings. The number of rotatable bonds is 6. The van der Waals surface area contributed by atoms with Gasteiger partial charge in [-0.25, -0.2) is 4.98 Å². The fraction of sp³-hybridized carbons (Fsp3) is 0.238. The Hall–Kier alpha value is -3.52. The number of hydrogen-bond donors (Lipinski definition) is 3. The van der Waals surface area contributed by atoms with Crippen molar-refractivity contribution < 1.29 is 19.4 Å². The fourth-order valence-electron chi connectivity index (χ4n) is 3.64. The van der Waals surface area contributed by atoms with Crippen LogP contribution in [0.1, 0.15) is 12.2 Å². The molecule has 0 aliphatic carbocycles. The largest absolute Gasteiger partial charge is 0.497 e. The molecular weight excluding hydrogens is 372 g/mol. The number of hydrogen-bond acceptors (Lipinski definition) is 7. The number of benzene rings is 2. The van der Waals surface area contributed by atoms with E-state index in [-0.39, 0.29) is 24.6 Å². The number of nitrogens with zero attached hydrogens (tertiary/aromatic N) is 2. The summed E-state index contributed by atoms with van der Waals surface area (Å²) >= 11 is 0. The molecule has 0 saturated heterocycles. The summed E-state index contributed by atoms with van der Waals surface area (Å²) in [6, 6.07) is 12.2. The normalized spacial score (nSPS) is 16.7. The third kappa shape index (κ3) is 3.17. The van der Waals surface area contributed by atoms with Crippen LogP contribution in [0.15, 0.2) is 48.3 Å². The van der Waals surface area contributed by atoms with Crippen molar-refractivity contribution in [3.05, 3.63) is 54.1 Å². The maximum Gasteiger partial charge on any atom is 0.193 e. The summed E-state index contributed by atoms with van der Waals surface area (Å²) in [4.78, 5) is 22.7. The van der Waals surface area contributed by atoms with E-state index in [0.29, 0.717) is 28.6 Å². The summed E-state index contributed by atoms with van der Waals surface area (Å²) in [6.45, 7) is -0.158. The Morgan fingerprint density at radius 1 is 1.17 bits per heavy atom. The number of anilines is 1. The zero-order valence-electron chi connectivity index (χ0n) is 16.2. The zero-order chi connectivity index (χ0) is 20.5. The number of para-hydroxylation sites is 2. The molecule has 0 amide bonds. The van der Waals surface area contributed by atoms with Crippen LogP contribution in [0.2, 0.25) is 0 Å². The van der Waals surface area contributed by atoms with Crippen LogP contribution >= 0.6 is 0 Å². The van der Waals surface area contributed by atoms with Crippen LogP contribution in [0.3, 0.4) is 0 Å². The summed E-state index contributed by atoms with van der Waals surface area (Å²) < 4.78 is 10.7. The highest BCUT2D eigenvalue weighted by atomic mass is 16.5. The average Bonchev–Trinajstić information content (AvgIpc) is 3.26. The topological polar surface area (TPSA) is 114 Å². The Kier molecular flexibility index (Phi) is 4.85. The van der Waals surface area contributed by atoms with Crippen LogP contribution in [0, 0.1) is 0 Å². The molecular formula is C21H22N4O4. The fourth-order valence-corrected chi connectivity index (χ4v) is 3.64. The van der Waals surface area contributed by atoms with Crippen molar-refractivity contribution in [2.45, 2.75) is 12.5 Å². The molecule has 4 rings (SSSR count). The van der Waals surface area contributed by atoms with Crippen molar-refractivity contribution in [3.63, 3.8) is 0 Å². The Labute approximate surface area is 167 Å². The summed E-state index contributed by atoms with van der Waals surface area (Å²) in [6.07, 6.45) is 0.225. The van der Waals surface area contributed by atoms with Crippen LogP contribution in [0.5, 0.6) is 11.5 Å². The first-order valence-electron chi connectivity index (χ1n) is 9.19. The second-order valence-electron chi connectivity index (χ2n) is 6.70. The van der Waals surface area contributed by atoms with Gasteiger partial charge in [-0.2, -0.15) is 0 Å². The van der Waals surface area contributed by atoms with Crippen LogP contribution in [-0.2, 0) is 4.79 Å². The van der Waals surface area contributed by atoms with Crippen molar-refractivity contribution >= 4 is 28.1 Å². The molecule has 1 aliphatic heterocycles. The lowest BCUT2D eigenvalue weighted by Gasteiger charge is -2.27. The standard InChI is InChI=1S/C21H22N4O4/c1-28-13-9-12(10-14(11-13)29-2)25-17(7-8-26)19(27)18(20(25)22)21-23-15-5-3-4-6-16(15)24-21/h3-6,9-11,17,26H,7-8,22H2,1-2H3,(H,23,24)/t17-/m0/s1. The minimum Gasteiger partial charge on any atom is -0.497 e. The predicted octanol–water partition coefficient (Wildman–Crippen LogP) is 2.05. The minimum absolute atomic E-state index is 0.158. The number of aliphatic hydroxyl groups is 1. The number of nitrogens with one attached hydrogen (secondary N) is 1. The molecule has 8 nitrogen and oxygen atoms in total. The van der Waals surface area contributed by atoms with E-state index in [1.165, 1.54) is 0 Å². The summed E-state index contributed by atoms with van der Waals surface area (Å²) in [5.41, 5.74) is 8.97. The van der Waals surface area contributed by atoms with Gasteiger partial charge >= 0.3 is 0 Å². The molecule has 1 aliphatic rings. The number of Topliss-reactive ketones (excluding diaryl/α,β-unsaturated/α-hetero) is 1. The van der Waals surface area contributed by atoms with Crippen LogP contribution in [0.4, 0.5) is 5.69 Å². The van der Waals surface area contributed by atoms with Gasteiger partial charge in [-0.1, -0.05) is 12.1 Å². The van der Waals surface area contributed by atoms with Gasteiger partial charge in [0.1, 0.15) is 34.8 Å². The maximum absolute atomic E-state index is 13.3. The van der Waals surface area contributed by atoms with E-state index < -0.39 is 6.04 Å². The molecule has 1 atom stereocenters. The molecule has 8 heteroatoms. The van der Waals surface area contributed by atoms with Crippen LogP contribution in [-0.4, -0.2) is 47.7 Å². The molecule has 0 bridgehead atoms. The number of carbonyl (C=O) groups is 1. The highest BCUT2D eigenvalue weighted by Crippen LogP contribution is 2.38. The van der Waals surface area contributed by atoms with E-state index >= 15 is 0 Å². The minimum atomic E-state index is -0.653. The number of nitrogens with two attached hydrogens (primary N) is 1.